The smallest absolute Gasteiger partial charge is 0.143 e. The number of hydrogen-bond acceptors (Lipinski definition) is 1. The summed E-state index contributed by atoms with van der Waals surface area (Å²) in [7, 11) is 0. The zero-order valence-corrected chi connectivity index (χ0v) is 9.12. The van der Waals surface area contributed by atoms with Crippen molar-refractivity contribution in [2.45, 2.75) is 18.4 Å². The van der Waals surface area contributed by atoms with Gasteiger partial charge < -0.3 is 5.73 Å². The minimum atomic E-state index is -0.414. The molecule has 13 heavy (non-hydrogen) atoms. The summed E-state index contributed by atoms with van der Waals surface area (Å²) < 4.78 is 13.8. The van der Waals surface area contributed by atoms with E-state index in [1.165, 1.54) is 6.07 Å². The monoisotopic (exact) mass is 263 g/mol. The van der Waals surface area contributed by atoms with Gasteiger partial charge in [-0.1, -0.05) is 11.6 Å². The quantitative estimate of drug-likeness (QED) is 0.775. The summed E-state index contributed by atoms with van der Waals surface area (Å²) >= 11 is 8.85. The number of rotatable bonds is 1. The summed E-state index contributed by atoms with van der Waals surface area (Å²) in [6.07, 6.45) is 1.83. The number of halogens is 3. The van der Waals surface area contributed by atoms with Gasteiger partial charge in [-0.25, -0.2) is 4.39 Å². The molecule has 0 atom stereocenters. The maximum absolute atomic E-state index is 13.2. The molecule has 70 valence electrons. The fraction of sp³-hybridized carbons (Fsp3) is 0.333. The fourth-order valence-electron chi connectivity index (χ4n) is 1.27. The molecule has 1 saturated carbocycles. The Morgan fingerprint density at radius 3 is 2.54 bits per heavy atom. The predicted molar refractivity (Wildman–Crippen MR) is 54.2 cm³/mol. The molecular weight excluding hydrogens is 256 g/mol. The molecule has 0 spiro atoms. The largest absolute Gasteiger partial charge is 0.321 e. The van der Waals surface area contributed by atoms with Crippen LogP contribution in [0.1, 0.15) is 18.4 Å². The van der Waals surface area contributed by atoms with Crippen molar-refractivity contribution < 1.29 is 4.39 Å². The van der Waals surface area contributed by atoms with E-state index < -0.39 is 5.82 Å². The van der Waals surface area contributed by atoms with Crippen LogP contribution in [0, 0.1) is 5.82 Å². The van der Waals surface area contributed by atoms with Crippen molar-refractivity contribution in [3.05, 3.63) is 33.0 Å². The maximum atomic E-state index is 13.2. The first kappa shape index (κ1) is 9.44. The normalized spacial score (nSPS) is 18.8. The van der Waals surface area contributed by atoms with Crippen molar-refractivity contribution in [2.75, 3.05) is 0 Å². The van der Waals surface area contributed by atoms with E-state index in [0.717, 1.165) is 18.4 Å². The van der Waals surface area contributed by atoms with E-state index in [1.807, 2.05) is 0 Å². The van der Waals surface area contributed by atoms with Crippen molar-refractivity contribution in [3.63, 3.8) is 0 Å². The van der Waals surface area contributed by atoms with Crippen LogP contribution >= 0.6 is 27.5 Å². The average Bonchev–Trinajstić information content (AvgIpc) is 2.80. The molecule has 0 saturated heterocycles. The van der Waals surface area contributed by atoms with Gasteiger partial charge in [-0.15, -0.1) is 0 Å². The van der Waals surface area contributed by atoms with Crippen LogP contribution in [-0.4, -0.2) is 0 Å². The first-order valence-corrected chi connectivity index (χ1v) is 5.14. The highest BCUT2D eigenvalue weighted by Crippen LogP contribution is 2.44. The molecule has 1 aromatic rings. The predicted octanol–water partition coefficient (Wildman–Crippen LogP) is 3.19. The molecule has 0 bridgehead atoms. The Balaban J connectivity index is 2.50. The third-order valence-electron chi connectivity index (χ3n) is 2.35. The van der Waals surface area contributed by atoms with Gasteiger partial charge >= 0.3 is 0 Å². The standard InChI is InChI=1S/C9H8BrClFN/c10-6-3-5(9(13)1-2-9)4-7(12)8(6)11/h3-4H,1-2,13H2. The molecule has 1 nitrogen and oxygen atoms in total. The Hall–Kier alpha value is -0.120. The molecule has 1 aromatic carbocycles. The Morgan fingerprint density at radius 2 is 2.08 bits per heavy atom. The zero-order valence-electron chi connectivity index (χ0n) is 6.78. The van der Waals surface area contributed by atoms with E-state index >= 15 is 0 Å². The number of nitrogens with two attached hydrogens (primary N) is 1. The summed E-state index contributed by atoms with van der Waals surface area (Å²) in [5.74, 6) is -0.414. The van der Waals surface area contributed by atoms with Crippen LogP contribution < -0.4 is 5.73 Å². The molecule has 4 heteroatoms. The molecule has 1 aliphatic carbocycles. The molecule has 2 rings (SSSR count). The molecule has 0 heterocycles. The maximum Gasteiger partial charge on any atom is 0.143 e. The van der Waals surface area contributed by atoms with E-state index in [1.54, 1.807) is 6.07 Å². The van der Waals surface area contributed by atoms with E-state index in [9.17, 15) is 4.39 Å². The summed E-state index contributed by atoms with van der Waals surface area (Å²) in [5, 5.41) is 0.119. The second-order valence-corrected chi connectivity index (χ2v) is 4.64. The molecule has 0 aliphatic heterocycles. The Kier molecular flexibility index (Phi) is 2.13. The van der Waals surface area contributed by atoms with Crippen LogP contribution in [0.25, 0.3) is 0 Å². The highest BCUT2D eigenvalue weighted by Gasteiger charge is 2.40. The van der Waals surface area contributed by atoms with Gasteiger partial charge in [0.2, 0.25) is 0 Å². The van der Waals surface area contributed by atoms with Gasteiger partial charge in [0.15, 0.2) is 0 Å². The molecular formula is C9H8BrClFN. The van der Waals surface area contributed by atoms with E-state index in [0.29, 0.717) is 4.47 Å². The molecule has 1 fully saturated rings. The minimum absolute atomic E-state index is 0.119. The third-order valence-corrected chi connectivity index (χ3v) is 3.59. The van der Waals surface area contributed by atoms with Gasteiger partial charge in [-0.05, 0) is 46.5 Å². The lowest BCUT2D eigenvalue weighted by molar-refractivity contribution is 0.617. The van der Waals surface area contributed by atoms with Gasteiger partial charge in [0.1, 0.15) is 5.82 Å². The second kappa shape index (κ2) is 2.94. The van der Waals surface area contributed by atoms with Crippen LogP contribution in [0.4, 0.5) is 4.39 Å². The summed E-state index contributed by atoms with van der Waals surface area (Å²) in [4.78, 5) is 0. The molecule has 0 radical (unpaired) electrons. The Morgan fingerprint density at radius 1 is 1.46 bits per heavy atom. The molecule has 0 amide bonds. The van der Waals surface area contributed by atoms with Crippen molar-refractivity contribution in [2.24, 2.45) is 5.73 Å². The van der Waals surface area contributed by atoms with Gasteiger partial charge in [-0.3, -0.25) is 0 Å². The third kappa shape index (κ3) is 1.60. The highest BCUT2D eigenvalue weighted by molar-refractivity contribution is 9.10. The summed E-state index contributed by atoms with van der Waals surface area (Å²) in [6.45, 7) is 0. The van der Waals surface area contributed by atoms with Gasteiger partial charge in [0.25, 0.3) is 0 Å². The zero-order chi connectivity index (χ0) is 9.64. The van der Waals surface area contributed by atoms with Crippen LogP contribution in [0.2, 0.25) is 5.02 Å². The van der Waals surface area contributed by atoms with Crippen molar-refractivity contribution >= 4 is 27.5 Å². The summed E-state index contributed by atoms with van der Waals surface area (Å²) in [6, 6.07) is 3.21. The van der Waals surface area contributed by atoms with Crippen LogP contribution in [-0.2, 0) is 5.54 Å². The first-order chi connectivity index (χ1) is 6.03. The molecule has 2 N–H and O–H groups in total. The number of benzene rings is 1. The van der Waals surface area contributed by atoms with Crippen LogP contribution in [0.3, 0.4) is 0 Å². The lowest BCUT2D eigenvalue weighted by Gasteiger charge is -2.10. The van der Waals surface area contributed by atoms with Gasteiger partial charge in [0.05, 0.1) is 5.02 Å². The minimum Gasteiger partial charge on any atom is -0.321 e. The van der Waals surface area contributed by atoms with Crippen LogP contribution in [0.5, 0.6) is 0 Å². The van der Waals surface area contributed by atoms with Crippen LogP contribution in [0.15, 0.2) is 16.6 Å². The first-order valence-electron chi connectivity index (χ1n) is 3.97. The van der Waals surface area contributed by atoms with Gasteiger partial charge in [-0.2, -0.15) is 0 Å². The topological polar surface area (TPSA) is 26.0 Å². The second-order valence-electron chi connectivity index (χ2n) is 3.41. The van der Waals surface area contributed by atoms with Crippen molar-refractivity contribution in [1.82, 2.24) is 0 Å². The molecule has 1 aliphatic rings. The van der Waals surface area contributed by atoms with Crippen molar-refractivity contribution in [3.8, 4) is 0 Å². The number of hydrogen-bond donors (Lipinski definition) is 1. The lowest BCUT2D eigenvalue weighted by atomic mass is 10.1. The van der Waals surface area contributed by atoms with Gasteiger partial charge in [0, 0.05) is 10.0 Å². The SMILES string of the molecule is NC1(c2cc(F)c(Cl)c(Br)c2)CC1. The Labute approximate surface area is 89.2 Å². The molecule has 0 aromatic heterocycles. The summed E-state index contributed by atoms with van der Waals surface area (Å²) in [5.41, 5.74) is 6.43. The highest BCUT2D eigenvalue weighted by atomic mass is 79.9. The van der Waals surface area contributed by atoms with Crippen molar-refractivity contribution in [1.29, 1.82) is 0 Å². The lowest BCUT2D eigenvalue weighted by Crippen LogP contribution is -2.18. The fourth-order valence-corrected chi connectivity index (χ4v) is 1.81. The van der Waals surface area contributed by atoms with E-state index in [4.69, 9.17) is 17.3 Å². The average molecular weight is 265 g/mol. The molecule has 0 unspecified atom stereocenters. The Bertz CT molecular complexity index is 340. The van der Waals surface area contributed by atoms with E-state index in [-0.39, 0.29) is 10.6 Å². The van der Waals surface area contributed by atoms with E-state index in [2.05, 4.69) is 15.9 Å².